The summed E-state index contributed by atoms with van der Waals surface area (Å²) < 4.78 is 10.6. The molecule has 0 radical (unpaired) electrons. The Morgan fingerprint density at radius 2 is 2.00 bits per heavy atom. The van der Waals surface area contributed by atoms with Gasteiger partial charge in [-0.25, -0.2) is 0 Å². The van der Waals surface area contributed by atoms with Crippen LogP contribution in [0.25, 0.3) is 0 Å². The van der Waals surface area contributed by atoms with Crippen LogP contribution in [0, 0.1) is 0 Å². The average molecular weight is 229 g/mol. The summed E-state index contributed by atoms with van der Waals surface area (Å²) in [4.78, 5) is 14.2. The molecule has 1 rings (SSSR count). The van der Waals surface area contributed by atoms with E-state index in [1.807, 2.05) is 20.8 Å². The highest BCUT2D eigenvalue weighted by molar-refractivity contribution is 5.88. The first-order chi connectivity index (χ1) is 7.59. The Kier molecular flexibility index (Phi) is 5.38. The Labute approximate surface area is 97.9 Å². The molecular formula is C12H23NO3. The Bertz CT molecular complexity index is 222. The molecule has 1 saturated heterocycles. The quantitative estimate of drug-likeness (QED) is 0.639. The summed E-state index contributed by atoms with van der Waals surface area (Å²) in [6, 6.07) is 0. The number of Topliss-reactive ketones (excluding diaryl/α,β-unsaturated/α-hetero) is 1. The van der Waals surface area contributed by atoms with Gasteiger partial charge in [0.2, 0.25) is 0 Å². The van der Waals surface area contributed by atoms with Gasteiger partial charge in [-0.1, -0.05) is 6.92 Å². The molecule has 0 saturated carbocycles. The van der Waals surface area contributed by atoms with Crippen LogP contribution in [0.5, 0.6) is 0 Å². The second-order valence-electron chi connectivity index (χ2n) is 4.63. The van der Waals surface area contributed by atoms with Crippen molar-refractivity contribution in [1.29, 1.82) is 0 Å². The van der Waals surface area contributed by atoms with E-state index < -0.39 is 5.54 Å². The fourth-order valence-corrected chi connectivity index (χ4v) is 1.78. The van der Waals surface area contributed by atoms with Crippen molar-refractivity contribution in [2.75, 3.05) is 39.5 Å². The molecule has 4 heteroatoms. The third kappa shape index (κ3) is 3.54. The summed E-state index contributed by atoms with van der Waals surface area (Å²) in [7, 11) is 0. The van der Waals surface area contributed by atoms with Crippen molar-refractivity contribution in [3.05, 3.63) is 0 Å². The Balaban J connectivity index is 2.43. The first-order valence-corrected chi connectivity index (χ1v) is 6.03. The van der Waals surface area contributed by atoms with Crippen LogP contribution >= 0.6 is 0 Å². The molecule has 0 unspecified atom stereocenters. The largest absolute Gasteiger partial charge is 0.379 e. The third-order valence-electron chi connectivity index (χ3n) is 3.07. The number of carbonyl (C=O) groups is 1. The number of rotatable bonds is 6. The number of morpholine rings is 1. The van der Waals surface area contributed by atoms with Crippen LogP contribution in [0.1, 0.15) is 27.2 Å². The second-order valence-corrected chi connectivity index (χ2v) is 4.63. The summed E-state index contributed by atoms with van der Waals surface area (Å²) in [5, 5.41) is 0. The molecule has 0 aromatic carbocycles. The van der Waals surface area contributed by atoms with Gasteiger partial charge in [0.25, 0.3) is 0 Å². The van der Waals surface area contributed by atoms with Crippen molar-refractivity contribution < 1.29 is 14.3 Å². The van der Waals surface area contributed by atoms with Gasteiger partial charge in [-0.05, 0) is 20.3 Å². The minimum atomic E-state index is -0.433. The van der Waals surface area contributed by atoms with Crippen molar-refractivity contribution in [2.24, 2.45) is 0 Å². The minimum absolute atomic E-state index is 0.155. The van der Waals surface area contributed by atoms with E-state index in [0.717, 1.165) is 19.5 Å². The molecule has 16 heavy (non-hydrogen) atoms. The monoisotopic (exact) mass is 229 g/mol. The predicted molar refractivity (Wildman–Crippen MR) is 62.6 cm³/mol. The fraction of sp³-hybridized carbons (Fsp3) is 0.917. The summed E-state index contributed by atoms with van der Waals surface area (Å²) in [5.74, 6) is 0.155. The molecule has 0 atom stereocenters. The molecule has 1 fully saturated rings. The Morgan fingerprint density at radius 1 is 1.38 bits per heavy atom. The molecule has 4 nitrogen and oxygen atoms in total. The third-order valence-corrected chi connectivity index (χ3v) is 3.07. The van der Waals surface area contributed by atoms with Gasteiger partial charge in [-0.15, -0.1) is 0 Å². The molecule has 1 aliphatic rings. The van der Waals surface area contributed by atoms with Crippen molar-refractivity contribution >= 4 is 5.78 Å². The maximum absolute atomic E-state index is 12.0. The van der Waals surface area contributed by atoms with Gasteiger partial charge in [-0.2, -0.15) is 0 Å². The summed E-state index contributed by atoms with van der Waals surface area (Å²) >= 11 is 0. The van der Waals surface area contributed by atoms with E-state index in [-0.39, 0.29) is 12.4 Å². The molecule has 0 aromatic heterocycles. The maximum atomic E-state index is 12.0. The van der Waals surface area contributed by atoms with E-state index >= 15 is 0 Å². The number of hydrogen-bond donors (Lipinski definition) is 0. The summed E-state index contributed by atoms with van der Waals surface area (Å²) in [6.45, 7) is 9.94. The molecular weight excluding hydrogens is 206 g/mol. The zero-order chi connectivity index (χ0) is 12.0. The number of nitrogens with zero attached hydrogens (tertiary/aromatic N) is 1. The number of hydrogen-bond acceptors (Lipinski definition) is 4. The van der Waals surface area contributed by atoms with Crippen LogP contribution in [0.2, 0.25) is 0 Å². The molecule has 0 spiro atoms. The Morgan fingerprint density at radius 3 is 2.56 bits per heavy atom. The molecule has 94 valence electrons. The van der Waals surface area contributed by atoms with E-state index in [0.29, 0.717) is 19.8 Å². The van der Waals surface area contributed by atoms with Crippen molar-refractivity contribution in [1.82, 2.24) is 4.90 Å². The second kappa shape index (κ2) is 6.33. The van der Waals surface area contributed by atoms with E-state index in [2.05, 4.69) is 4.90 Å². The Hall–Kier alpha value is -0.450. The van der Waals surface area contributed by atoms with E-state index in [9.17, 15) is 4.79 Å². The first-order valence-electron chi connectivity index (χ1n) is 6.03. The van der Waals surface area contributed by atoms with Crippen LogP contribution in [-0.2, 0) is 14.3 Å². The van der Waals surface area contributed by atoms with Crippen LogP contribution in [0.3, 0.4) is 0 Å². The highest BCUT2D eigenvalue weighted by Gasteiger charge is 2.34. The normalized spacial score (nSPS) is 18.7. The van der Waals surface area contributed by atoms with Crippen LogP contribution in [0.15, 0.2) is 0 Å². The SMILES string of the molecule is CCCOCC(=O)C(C)(C)N1CCOCC1. The zero-order valence-electron chi connectivity index (χ0n) is 10.6. The van der Waals surface area contributed by atoms with Gasteiger partial charge >= 0.3 is 0 Å². The summed E-state index contributed by atoms with van der Waals surface area (Å²) in [5.41, 5.74) is -0.433. The zero-order valence-corrected chi connectivity index (χ0v) is 10.6. The minimum Gasteiger partial charge on any atom is -0.379 e. The highest BCUT2D eigenvalue weighted by atomic mass is 16.5. The van der Waals surface area contributed by atoms with Gasteiger partial charge in [0.1, 0.15) is 6.61 Å². The number of ether oxygens (including phenoxy) is 2. The van der Waals surface area contributed by atoms with Gasteiger partial charge in [0.05, 0.1) is 18.8 Å². The topological polar surface area (TPSA) is 38.8 Å². The van der Waals surface area contributed by atoms with Gasteiger partial charge < -0.3 is 9.47 Å². The van der Waals surface area contributed by atoms with Crippen molar-refractivity contribution in [2.45, 2.75) is 32.7 Å². The molecule has 0 bridgehead atoms. The smallest absolute Gasteiger partial charge is 0.178 e. The van der Waals surface area contributed by atoms with Crippen LogP contribution in [0.4, 0.5) is 0 Å². The van der Waals surface area contributed by atoms with Crippen molar-refractivity contribution in [3.8, 4) is 0 Å². The molecule has 1 heterocycles. The first kappa shape index (κ1) is 13.6. The van der Waals surface area contributed by atoms with Crippen LogP contribution < -0.4 is 0 Å². The molecule has 0 aliphatic carbocycles. The highest BCUT2D eigenvalue weighted by Crippen LogP contribution is 2.17. The van der Waals surface area contributed by atoms with E-state index in [1.54, 1.807) is 0 Å². The summed E-state index contributed by atoms with van der Waals surface area (Å²) in [6.07, 6.45) is 0.950. The van der Waals surface area contributed by atoms with Gasteiger partial charge in [0, 0.05) is 19.7 Å². The van der Waals surface area contributed by atoms with Gasteiger partial charge in [0.15, 0.2) is 5.78 Å². The van der Waals surface area contributed by atoms with Crippen LogP contribution in [-0.4, -0.2) is 55.7 Å². The van der Waals surface area contributed by atoms with Gasteiger partial charge in [-0.3, -0.25) is 9.69 Å². The molecule has 0 amide bonds. The lowest BCUT2D eigenvalue weighted by Crippen LogP contribution is -2.55. The van der Waals surface area contributed by atoms with Crippen molar-refractivity contribution in [3.63, 3.8) is 0 Å². The lowest BCUT2D eigenvalue weighted by Gasteiger charge is -2.39. The molecule has 0 aromatic rings. The predicted octanol–water partition coefficient (Wildman–Crippen LogP) is 1.09. The standard InChI is InChI=1S/C12H23NO3/c1-4-7-16-10-11(14)12(2,3)13-5-8-15-9-6-13/h4-10H2,1-3H3. The van der Waals surface area contributed by atoms with E-state index in [1.165, 1.54) is 0 Å². The molecule has 0 N–H and O–H groups in total. The number of carbonyl (C=O) groups excluding carboxylic acids is 1. The maximum Gasteiger partial charge on any atom is 0.178 e. The molecule has 1 aliphatic heterocycles. The van der Waals surface area contributed by atoms with E-state index in [4.69, 9.17) is 9.47 Å². The lowest BCUT2D eigenvalue weighted by molar-refractivity contribution is -0.137. The lowest BCUT2D eigenvalue weighted by atomic mass is 9.96. The average Bonchev–Trinajstić information content (AvgIpc) is 2.30. The fourth-order valence-electron chi connectivity index (χ4n) is 1.78. The number of ketones is 1.